The normalized spacial score (nSPS) is 14.2. The molecule has 0 aliphatic carbocycles. The molecule has 0 fully saturated rings. The third-order valence-corrected chi connectivity index (χ3v) is 6.75. The van der Waals surface area contributed by atoms with Crippen LogP contribution in [0.15, 0.2) is 47.4 Å². The number of carbonyl (C=O) groups excluding carboxylic acids is 1. The molecule has 1 amide bonds. The molecule has 5 nitrogen and oxygen atoms in total. The molecule has 2 rings (SSSR count). The summed E-state index contributed by atoms with van der Waals surface area (Å²) in [6.07, 6.45) is -3.34. The minimum absolute atomic E-state index is 0.0821. The second-order valence-corrected chi connectivity index (χ2v) is 9.46. The number of amides is 1. The van der Waals surface area contributed by atoms with Crippen LogP contribution in [0.2, 0.25) is 0 Å². The van der Waals surface area contributed by atoms with E-state index in [9.17, 15) is 30.8 Å². The number of rotatable bonds is 7. The Bertz CT molecular complexity index is 1030. The van der Waals surface area contributed by atoms with E-state index in [0.717, 1.165) is 23.9 Å². The molecule has 2 aromatic carbocycles. The largest absolute Gasteiger partial charge is 0.405 e. The second-order valence-electron chi connectivity index (χ2n) is 6.53. The molecule has 11 heteroatoms. The van der Waals surface area contributed by atoms with Gasteiger partial charge in [0.1, 0.15) is 11.9 Å². The van der Waals surface area contributed by atoms with Crippen LogP contribution in [0.4, 0.5) is 23.2 Å². The molecule has 0 spiro atoms. The van der Waals surface area contributed by atoms with Crippen LogP contribution in [-0.4, -0.2) is 38.0 Å². The van der Waals surface area contributed by atoms with Gasteiger partial charge in [-0.3, -0.25) is 4.79 Å². The quantitative estimate of drug-likeness (QED) is 0.598. The zero-order valence-electron chi connectivity index (χ0n) is 16.2. The standard InChI is InChI=1S/C19H20F4N2O3S2/c1-11-9-14(7-8-16(11)20)24-18(26)13-5-4-6-15(10-13)30(27,28)25-17(12(2)29-3)19(21,22)23/h4-10,12,17,25H,1-3H3,(H,24,26). The number of aryl methyl sites for hydroxylation is 1. The number of alkyl halides is 3. The zero-order valence-corrected chi connectivity index (χ0v) is 17.9. The minimum atomic E-state index is -4.79. The predicted octanol–water partition coefficient (Wildman–Crippen LogP) is 4.35. The topological polar surface area (TPSA) is 75.3 Å². The number of hydrogen-bond donors (Lipinski definition) is 2. The van der Waals surface area contributed by atoms with Crippen molar-refractivity contribution in [3.8, 4) is 0 Å². The number of carbonyl (C=O) groups is 1. The number of sulfonamides is 1. The maximum atomic E-state index is 13.3. The monoisotopic (exact) mass is 464 g/mol. The van der Waals surface area contributed by atoms with Crippen LogP contribution in [0.25, 0.3) is 0 Å². The van der Waals surface area contributed by atoms with Gasteiger partial charge in [0.05, 0.1) is 4.90 Å². The molecular weight excluding hydrogens is 444 g/mol. The lowest BCUT2D eigenvalue weighted by Crippen LogP contribution is -2.50. The van der Waals surface area contributed by atoms with Crippen molar-refractivity contribution in [1.82, 2.24) is 4.72 Å². The van der Waals surface area contributed by atoms with Crippen molar-refractivity contribution >= 4 is 33.4 Å². The number of thioether (sulfide) groups is 1. The third kappa shape index (κ3) is 5.96. The van der Waals surface area contributed by atoms with Crippen LogP contribution in [0.1, 0.15) is 22.8 Å². The molecule has 2 N–H and O–H groups in total. The summed E-state index contributed by atoms with van der Waals surface area (Å²) in [7, 11) is -4.55. The lowest BCUT2D eigenvalue weighted by molar-refractivity contribution is -0.150. The molecule has 2 unspecified atom stereocenters. The molecule has 0 saturated heterocycles. The number of nitrogens with one attached hydrogen (secondary N) is 2. The molecule has 0 aliphatic heterocycles. The van der Waals surface area contributed by atoms with Crippen LogP contribution in [-0.2, 0) is 10.0 Å². The van der Waals surface area contributed by atoms with Gasteiger partial charge < -0.3 is 5.32 Å². The first-order chi connectivity index (χ1) is 13.8. The SMILES string of the molecule is CSC(C)C(NS(=O)(=O)c1cccc(C(=O)Nc2ccc(F)c(C)c2)c1)C(F)(F)F. The maximum absolute atomic E-state index is 13.3. The maximum Gasteiger partial charge on any atom is 0.405 e. The van der Waals surface area contributed by atoms with Crippen LogP contribution in [0.3, 0.4) is 0 Å². The van der Waals surface area contributed by atoms with Gasteiger partial charge in [-0.25, -0.2) is 12.8 Å². The van der Waals surface area contributed by atoms with Crippen LogP contribution in [0.5, 0.6) is 0 Å². The van der Waals surface area contributed by atoms with Crippen molar-refractivity contribution in [2.75, 3.05) is 11.6 Å². The lowest BCUT2D eigenvalue weighted by atomic mass is 10.2. The lowest BCUT2D eigenvalue weighted by Gasteiger charge is -2.26. The summed E-state index contributed by atoms with van der Waals surface area (Å²) in [5.74, 6) is -1.14. The van der Waals surface area contributed by atoms with E-state index in [-0.39, 0.29) is 11.3 Å². The van der Waals surface area contributed by atoms with Gasteiger partial charge in [-0.05, 0) is 55.1 Å². The molecular formula is C19H20F4N2O3S2. The number of halogens is 4. The third-order valence-electron chi connectivity index (χ3n) is 4.30. The molecule has 2 aromatic rings. The Labute approximate surface area is 176 Å². The Morgan fingerprint density at radius 1 is 1.13 bits per heavy atom. The fraction of sp³-hybridized carbons (Fsp3) is 0.316. The van der Waals surface area contributed by atoms with Crippen LogP contribution < -0.4 is 10.0 Å². The Morgan fingerprint density at radius 3 is 2.37 bits per heavy atom. The molecule has 2 atom stereocenters. The van der Waals surface area contributed by atoms with Gasteiger partial charge in [0.2, 0.25) is 10.0 Å². The molecule has 30 heavy (non-hydrogen) atoms. The summed E-state index contributed by atoms with van der Waals surface area (Å²) in [5, 5.41) is 1.43. The molecule has 0 bridgehead atoms. The summed E-state index contributed by atoms with van der Waals surface area (Å²) >= 11 is 0.869. The molecule has 0 saturated carbocycles. The van der Waals surface area contributed by atoms with Gasteiger partial charge >= 0.3 is 6.18 Å². The highest BCUT2D eigenvalue weighted by molar-refractivity contribution is 7.99. The smallest absolute Gasteiger partial charge is 0.322 e. The van der Waals surface area contributed by atoms with Gasteiger partial charge in [-0.15, -0.1) is 0 Å². The molecule has 0 aromatic heterocycles. The van der Waals surface area contributed by atoms with E-state index >= 15 is 0 Å². The Hall–Kier alpha value is -2.11. The van der Waals surface area contributed by atoms with Crippen molar-refractivity contribution in [2.24, 2.45) is 0 Å². The van der Waals surface area contributed by atoms with Crippen molar-refractivity contribution in [3.05, 3.63) is 59.4 Å². The van der Waals surface area contributed by atoms with Gasteiger partial charge in [0.15, 0.2) is 0 Å². The minimum Gasteiger partial charge on any atom is -0.322 e. The van der Waals surface area contributed by atoms with Crippen molar-refractivity contribution < 1.29 is 30.8 Å². The molecule has 0 heterocycles. The Balaban J connectivity index is 2.28. The fourth-order valence-electron chi connectivity index (χ4n) is 2.53. The van der Waals surface area contributed by atoms with E-state index in [2.05, 4.69) is 5.32 Å². The van der Waals surface area contributed by atoms with E-state index in [1.165, 1.54) is 50.4 Å². The summed E-state index contributed by atoms with van der Waals surface area (Å²) in [5.41, 5.74) is 0.506. The highest BCUT2D eigenvalue weighted by Crippen LogP contribution is 2.29. The Morgan fingerprint density at radius 2 is 1.80 bits per heavy atom. The summed E-state index contributed by atoms with van der Waals surface area (Å²) in [6, 6.07) is 6.24. The molecule has 0 aliphatic rings. The average Bonchev–Trinajstić information content (AvgIpc) is 2.67. The molecule has 164 valence electrons. The number of hydrogen-bond acceptors (Lipinski definition) is 4. The number of benzene rings is 2. The van der Waals surface area contributed by atoms with Crippen LogP contribution >= 0.6 is 11.8 Å². The summed E-state index contributed by atoms with van der Waals surface area (Å²) in [4.78, 5) is 11.9. The van der Waals surface area contributed by atoms with Crippen LogP contribution in [0, 0.1) is 12.7 Å². The van der Waals surface area contributed by atoms with E-state index < -0.39 is 44.1 Å². The van der Waals surface area contributed by atoms with Gasteiger partial charge in [-0.2, -0.15) is 29.7 Å². The highest BCUT2D eigenvalue weighted by atomic mass is 32.2. The van der Waals surface area contributed by atoms with E-state index in [1.54, 1.807) is 4.72 Å². The highest BCUT2D eigenvalue weighted by Gasteiger charge is 2.45. The fourth-order valence-corrected chi connectivity index (χ4v) is 4.46. The van der Waals surface area contributed by atoms with E-state index in [0.29, 0.717) is 5.56 Å². The molecule has 0 radical (unpaired) electrons. The van der Waals surface area contributed by atoms with Crippen molar-refractivity contribution in [3.63, 3.8) is 0 Å². The number of anilines is 1. The van der Waals surface area contributed by atoms with Crippen molar-refractivity contribution in [2.45, 2.75) is 36.2 Å². The summed E-state index contributed by atoms with van der Waals surface area (Å²) < 4.78 is 79.9. The van der Waals surface area contributed by atoms with Gasteiger partial charge in [0.25, 0.3) is 5.91 Å². The van der Waals surface area contributed by atoms with E-state index in [4.69, 9.17) is 0 Å². The van der Waals surface area contributed by atoms with Crippen molar-refractivity contribution in [1.29, 1.82) is 0 Å². The summed E-state index contributed by atoms with van der Waals surface area (Å²) in [6.45, 7) is 2.77. The average molecular weight is 465 g/mol. The first-order valence-electron chi connectivity index (χ1n) is 8.64. The second kappa shape index (κ2) is 9.36. The Kier molecular flexibility index (Phi) is 7.54. The predicted molar refractivity (Wildman–Crippen MR) is 109 cm³/mol. The van der Waals surface area contributed by atoms with Gasteiger partial charge in [-0.1, -0.05) is 13.0 Å². The van der Waals surface area contributed by atoms with Gasteiger partial charge in [0, 0.05) is 16.5 Å². The first kappa shape index (κ1) is 24.2. The zero-order chi connectivity index (χ0) is 22.7. The first-order valence-corrected chi connectivity index (χ1v) is 11.4. The van der Waals surface area contributed by atoms with E-state index in [1.807, 2.05) is 0 Å².